The Morgan fingerprint density at radius 1 is 0.656 bits per heavy atom. The fourth-order valence-electron chi connectivity index (χ4n) is 3.75. The van der Waals surface area contributed by atoms with Crippen LogP contribution in [0.5, 0.6) is 11.5 Å². The molecule has 0 amide bonds. The number of hydrogen-bond donors (Lipinski definition) is 0. The van der Waals surface area contributed by atoms with Gasteiger partial charge in [0.25, 0.3) is 0 Å². The highest BCUT2D eigenvalue weighted by atomic mass is 16.5. The van der Waals surface area contributed by atoms with E-state index in [1.807, 2.05) is 42.6 Å². The van der Waals surface area contributed by atoms with Gasteiger partial charge in [0.05, 0.1) is 7.11 Å². The van der Waals surface area contributed by atoms with Gasteiger partial charge in [-0.05, 0) is 53.9 Å². The molecule has 2 rings (SSSR count). The van der Waals surface area contributed by atoms with Gasteiger partial charge in [0.2, 0.25) is 0 Å². The van der Waals surface area contributed by atoms with Gasteiger partial charge < -0.3 is 9.47 Å². The number of benzene rings is 2. The minimum absolute atomic E-state index is 0.552. The molecule has 0 atom stereocenters. The standard InChI is InChI=1S/C29H43NO2/c1-3-4-5-6-7-8-9-10-11-12-13-14-23-30-24-26-15-21-29(22-16-26)32-25-27-17-19-28(31-2)20-18-27/h15-22,24H,3-14,23,25H2,1-2H3. The van der Waals surface area contributed by atoms with Crippen LogP contribution in [0.4, 0.5) is 0 Å². The lowest BCUT2D eigenvalue weighted by Crippen LogP contribution is -1.95. The molecule has 0 fully saturated rings. The molecule has 176 valence electrons. The van der Waals surface area contributed by atoms with Crippen LogP contribution in [-0.2, 0) is 6.61 Å². The topological polar surface area (TPSA) is 30.8 Å². The van der Waals surface area contributed by atoms with Gasteiger partial charge in [-0.25, -0.2) is 0 Å². The number of ether oxygens (including phenoxy) is 2. The van der Waals surface area contributed by atoms with Gasteiger partial charge in [0, 0.05) is 12.8 Å². The van der Waals surface area contributed by atoms with E-state index in [4.69, 9.17) is 9.47 Å². The summed E-state index contributed by atoms with van der Waals surface area (Å²) in [4.78, 5) is 4.59. The molecule has 2 aromatic carbocycles. The lowest BCUT2D eigenvalue weighted by molar-refractivity contribution is 0.306. The van der Waals surface area contributed by atoms with Crippen molar-refractivity contribution < 1.29 is 9.47 Å². The predicted molar refractivity (Wildman–Crippen MR) is 137 cm³/mol. The molecule has 0 saturated carbocycles. The van der Waals surface area contributed by atoms with Crippen LogP contribution in [0.3, 0.4) is 0 Å². The summed E-state index contributed by atoms with van der Waals surface area (Å²) in [5.41, 5.74) is 2.25. The van der Waals surface area contributed by atoms with Crippen LogP contribution in [0, 0.1) is 0 Å². The average Bonchev–Trinajstić information content (AvgIpc) is 2.84. The number of aliphatic imine (C=N–C) groups is 1. The zero-order valence-corrected chi connectivity index (χ0v) is 20.4. The summed E-state index contributed by atoms with van der Waals surface area (Å²) in [6, 6.07) is 16.1. The first-order valence-electron chi connectivity index (χ1n) is 12.7. The van der Waals surface area contributed by atoms with Gasteiger partial charge in [-0.1, -0.05) is 89.7 Å². The molecule has 0 spiro atoms. The van der Waals surface area contributed by atoms with Crippen LogP contribution >= 0.6 is 0 Å². The van der Waals surface area contributed by atoms with Crippen molar-refractivity contribution in [2.24, 2.45) is 4.99 Å². The molecule has 3 nitrogen and oxygen atoms in total. The minimum atomic E-state index is 0.552. The monoisotopic (exact) mass is 437 g/mol. The molecule has 0 bridgehead atoms. The van der Waals surface area contributed by atoms with Crippen molar-refractivity contribution in [2.45, 2.75) is 90.6 Å². The summed E-state index contributed by atoms with van der Waals surface area (Å²) in [5.74, 6) is 1.74. The summed E-state index contributed by atoms with van der Waals surface area (Å²) in [6.45, 7) is 3.76. The summed E-state index contributed by atoms with van der Waals surface area (Å²) >= 11 is 0. The first kappa shape index (κ1) is 26.0. The summed E-state index contributed by atoms with van der Waals surface area (Å²) in [5, 5.41) is 0. The van der Waals surface area contributed by atoms with Gasteiger partial charge in [-0.2, -0.15) is 0 Å². The normalized spacial score (nSPS) is 11.2. The number of hydrogen-bond acceptors (Lipinski definition) is 3. The second kappa shape index (κ2) is 17.3. The molecule has 32 heavy (non-hydrogen) atoms. The summed E-state index contributed by atoms with van der Waals surface area (Å²) < 4.78 is 11.0. The van der Waals surface area contributed by atoms with E-state index >= 15 is 0 Å². The van der Waals surface area contributed by atoms with E-state index in [-0.39, 0.29) is 0 Å². The number of nitrogens with zero attached hydrogens (tertiary/aromatic N) is 1. The Labute approximate surface area is 196 Å². The van der Waals surface area contributed by atoms with Crippen LogP contribution in [0.25, 0.3) is 0 Å². The Hall–Kier alpha value is -2.29. The quantitative estimate of drug-likeness (QED) is 0.173. The van der Waals surface area contributed by atoms with E-state index in [0.29, 0.717) is 6.61 Å². The maximum Gasteiger partial charge on any atom is 0.119 e. The van der Waals surface area contributed by atoms with Crippen LogP contribution < -0.4 is 9.47 Å². The molecule has 0 radical (unpaired) electrons. The molecule has 0 aliphatic rings. The molecular weight excluding hydrogens is 394 g/mol. The molecule has 0 aliphatic heterocycles. The molecular formula is C29H43NO2. The van der Waals surface area contributed by atoms with Gasteiger partial charge in [0.1, 0.15) is 18.1 Å². The van der Waals surface area contributed by atoms with Crippen molar-refractivity contribution in [1.29, 1.82) is 0 Å². The zero-order chi connectivity index (χ0) is 22.7. The molecule has 0 aromatic heterocycles. The Morgan fingerprint density at radius 3 is 1.75 bits per heavy atom. The molecule has 0 N–H and O–H groups in total. The highest BCUT2D eigenvalue weighted by Gasteiger charge is 1.98. The summed E-state index contributed by atoms with van der Waals surface area (Å²) in [6.07, 6.45) is 18.5. The Kier molecular flexibility index (Phi) is 14.0. The maximum atomic E-state index is 5.86. The van der Waals surface area contributed by atoms with E-state index in [0.717, 1.165) is 29.2 Å². The van der Waals surface area contributed by atoms with Crippen molar-refractivity contribution in [2.75, 3.05) is 13.7 Å². The number of unbranched alkanes of at least 4 members (excludes halogenated alkanes) is 11. The first-order valence-corrected chi connectivity index (χ1v) is 12.7. The van der Waals surface area contributed by atoms with Gasteiger partial charge in [-0.3, -0.25) is 4.99 Å². The van der Waals surface area contributed by atoms with Crippen LogP contribution in [-0.4, -0.2) is 19.9 Å². The molecule has 0 unspecified atom stereocenters. The van der Waals surface area contributed by atoms with E-state index in [1.54, 1.807) is 7.11 Å². The third-order valence-electron chi connectivity index (χ3n) is 5.83. The van der Waals surface area contributed by atoms with E-state index in [1.165, 1.54) is 77.0 Å². The van der Waals surface area contributed by atoms with Crippen LogP contribution in [0.2, 0.25) is 0 Å². The first-order chi connectivity index (χ1) is 15.8. The summed E-state index contributed by atoms with van der Waals surface area (Å²) in [7, 11) is 1.68. The SMILES string of the molecule is CCCCCCCCCCCCCCN=Cc1ccc(OCc2ccc(OC)cc2)cc1. The van der Waals surface area contributed by atoms with Crippen LogP contribution in [0.15, 0.2) is 53.5 Å². The minimum Gasteiger partial charge on any atom is -0.497 e. The maximum absolute atomic E-state index is 5.86. The van der Waals surface area contributed by atoms with E-state index in [9.17, 15) is 0 Å². The Morgan fingerprint density at radius 2 is 1.19 bits per heavy atom. The number of rotatable bonds is 18. The van der Waals surface area contributed by atoms with Crippen molar-refractivity contribution >= 4 is 6.21 Å². The van der Waals surface area contributed by atoms with Crippen molar-refractivity contribution in [3.63, 3.8) is 0 Å². The number of methoxy groups -OCH3 is 1. The van der Waals surface area contributed by atoms with Gasteiger partial charge in [0.15, 0.2) is 0 Å². The van der Waals surface area contributed by atoms with E-state index < -0.39 is 0 Å². The van der Waals surface area contributed by atoms with Gasteiger partial charge in [-0.15, -0.1) is 0 Å². The lowest BCUT2D eigenvalue weighted by Gasteiger charge is -2.07. The third-order valence-corrected chi connectivity index (χ3v) is 5.83. The predicted octanol–water partition coefficient (Wildman–Crippen LogP) is 8.39. The van der Waals surface area contributed by atoms with E-state index in [2.05, 4.69) is 24.0 Å². The molecule has 0 saturated heterocycles. The molecule has 2 aromatic rings. The largest absolute Gasteiger partial charge is 0.497 e. The molecule has 0 heterocycles. The fourth-order valence-corrected chi connectivity index (χ4v) is 3.75. The molecule has 0 aliphatic carbocycles. The highest BCUT2D eigenvalue weighted by Crippen LogP contribution is 2.16. The zero-order valence-electron chi connectivity index (χ0n) is 20.4. The molecule has 3 heteroatoms. The van der Waals surface area contributed by atoms with Gasteiger partial charge >= 0.3 is 0 Å². The Balaban J connectivity index is 1.48. The third kappa shape index (κ3) is 11.9. The fraction of sp³-hybridized carbons (Fsp3) is 0.552. The Bertz CT molecular complexity index is 722. The second-order valence-electron chi connectivity index (χ2n) is 8.63. The van der Waals surface area contributed by atoms with Crippen molar-refractivity contribution in [3.05, 3.63) is 59.7 Å². The smallest absolute Gasteiger partial charge is 0.119 e. The van der Waals surface area contributed by atoms with Crippen LogP contribution in [0.1, 0.15) is 95.1 Å². The lowest BCUT2D eigenvalue weighted by atomic mass is 10.1. The van der Waals surface area contributed by atoms with Crippen molar-refractivity contribution in [3.8, 4) is 11.5 Å². The average molecular weight is 438 g/mol. The van der Waals surface area contributed by atoms with Crippen molar-refractivity contribution in [1.82, 2.24) is 0 Å². The highest BCUT2D eigenvalue weighted by molar-refractivity contribution is 5.79. The second-order valence-corrected chi connectivity index (χ2v) is 8.63.